The Labute approximate surface area is 122 Å². The van der Waals surface area contributed by atoms with E-state index in [1.165, 1.54) is 22.5 Å². The zero-order valence-corrected chi connectivity index (χ0v) is 12.7. The molecule has 1 heterocycles. The zero-order chi connectivity index (χ0) is 13.1. The van der Waals surface area contributed by atoms with Gasteiger partial charge in [0.05, 0.1) is 8.67 Å². The zero-order valence-electron chi connectivity index (χ0n) is 10.3. The van der Waals surface area contributed by atoms with Gasteiger partial charge in [0.2, 0.25) is 0 Å². The van der Waals surface area contributed by atoms with Crippen LogP contribution in [0.4, 0.5) is 0 Å². The summed E-state index contributed by atoms with van der Waals surface area (Å²) in [5.74, 6) is 0. The second-order valence-corrected chi connectivity index (χ2v) is 6.65. The molecule has 0 amide bonds. The smallest absolute Gasteiger partial charge is 0.0991 e. The molecule has 1 N–H and O–H groups in total. The molecular formula is C14H15Cl2NS. The monoisotopic (exact) mass is 299 g/mol. The van der Waals surface area contributed by atoms with Crippen molar-refractivity contribution in [3.8, 4) is 0 Å². The van der Waals surface area contributed by atoms with Crippen LogP contribution < -0.4 is 5.32 Å². The van der Waals surface area contributed by atoms with Crippen LogP contribution in [0.25, 0.3) is 0 Å². The van der Waals surface area contributed by atoms with Gasteiger partial charge >= 0.3 is 0 Å². The predicted octanol–water partition coefficient (Wildman–Crippen LogP) is 5.21. The van der Waals surface area contributed by atoms with Crippen LogP contribution in [0.3, 0.4) is 0 Å². The molecule has 0 fully saturated rings. The van der Waals surface area contributed by atoms with E-state index in [4.69, 9.17) is 23.2 Å². The standard InChI is InChI=1S/C14H15Cl2NS/c1-9-3-5-11(6-4-9)8-17-10(2)12-7-13(15)18-14(12)16/h3-7,10,17H,8H2,1-2H3. The van der Waals surface area contributed by atoms with E-state index in [1.807, 2.05) is 6.07 Å². The maximum absolute atomic E-state index is 6.14. The van der Waals surface area contributed by atoms with Crippen LogP contribution in [0, 0.1) is 6.92 Å². The van der Waals surface area contributed by atoms with Crippen molar-refractivity contribution in [1.82, 2.24) is 5.32 Å². The number of halogens is 2. The minimum absolute atomic E-state index is 0.197. The summed E-state index contributed by atoms with van der Waals surface area (Å²) in [6, 6.07) is 10.6. The summed E-state index contributed by atoms with van der Waals surface area (Å²) in [4.78, 5) is 0. The quantitative estimate of drug-likeness (QED) is 0.817. The second kappa shape index (κ2) is 6.07. The van der Waals surface area contributed by atoms with Gasteiger partial charge in [-0.1, -0.05) is 53.0 Å². The third kappa shape index (κ3) is 3.48. The van der Waals surface area contributed by atoms with Crippen LogP contribution in [-0.4, -0.2) is 0 Å². The molecule has 0 aliphatic heterocycles. The maximum Gasteiger partial charge on any atom is 0.0991 e. The SMILES string of the molecule is Cc1ccc(CNC(C)c2cc(Cl)sc2Cl)cc1. The van der Waals surface area contributed by atoms with Gasteiger partial charge in [0.15, 0.2) is 0 Å². The fraction of sp³-hybridized carbons (Fsp3) is 0.286. The van der Waals surface area contributed by atoms with Crippen molar-refractivity contribution < 1.29 is 0 Å². The fourth-order valence-corrected chi connectivity index (χ4v) is 3.38. The van der Waals surface area contributed by atoms with Gasteiger partial charge in [0, 0.05) is 12.6 Å². The van der Waals surface area contributed by atoms with Crippen LogP contribution in [0.5, 0.6) is 0 Å². The van der Waals surface area contributed by atoms with Gasteiger partial charge in [-0.3, -0.25) is 0 Å². The Morgan fingerprint density at radius 3 is 2.44 bits per heavy atom. The molecule has 2 aromatic rings. The summed E-state index contributed by atoms with van der Waals surface area (Å²) in [5, 5.41) is 3.45. The summed E-state index contributed by atoms with van der Waals surface area (Å²) in [6.45, 7) is 5.01. The molecule has 0 bridgehead atoms. The Morgan fingerprint density at radius 2 is 1.89 bits per heavy atom. The van der Waals surface area contributed by atoms with Gasteiger partial charge in [-0.05, 0) is 31.0 Å². The van der Waals surface area contributed by atoms with Crippen molar-refractivity contribution in [2.75, 3.05) is 0 Å². The highest BCUT2D eigenvalue weighted by molar-refractivity contribution is 7.20. The number of benzene rings is 1. The highest BCUT2D eigenvalue weighted by Gasteiger charge is 2.12. The second-order valence-electron chi connectivity index (χ2n) is 4.37. The van der Waals surface area contributed by atoms with Crippen molar-refractivity contribution >= 4 is 34.5 Å². The topological polar surface area (TPSA) is 12.0 Å². The number of hydrogen-bond acceptors (Lipinski definition) is 2. The molecule has 0 radical (unpaired) electrons. The van der Waals surface area contributed by atoms with Crippen molar-refractivity contribution in [3.05, 3.63) is 55.7 Å². The number of aryl methyl sites for hydroxylation is 1. The minimum Gasteiger partial charge on any atom is -0.306 e. The molecule has 1 aromatic carbocycles. The van der Waals surface area contributed by atoms with E-state index in [0.29, 0.717) is 0 Å². The van der Waals surface area contributed by atoms with Crippen molar-refractivity contribution in [1.29, 1.82) is 0 Å². The Kier molecular flexibility index (Phi) is 4.68. The van der Waals surface area contributed by atoms with Crippen LogP contribution in [0.15, 0.2) is 30.3 Å². The van der Waals surface area contributed by atoms with Gasteiger partial charge in [-0.2, -0.15) is 0 Å². The summed E-state index contributed by atoms with van der Waals surface area (Å²) < 4.78 is 1.50. The molecule has 1 aromatic heterocycles. The molecule has 0 spiro atoms. The first-order valence-corrected chi connectivity index (χ1v) is 7.37. The first-order valence-electron chi connectivity index (χ1n) is 5.80. The van der Waals surface area contributed by atoms with Gasteiger partial charge in [-0.25, -0.2) is 0 Å². The van der Waals surface area contributed by atoms with Crippen LogP contribution in [0.2, 0.25) is 8.67 Å². The predicted molar refractivity (Wildman–Crippen MR) is 80.8 cm³/mol. The van der Waals surface area contributed by atoms with Crippen LogP contribution in [-0.2, 0) is 6.54 Å². The lowest BCUT2D eigenvalue weighted by Gasteiger charge is -2.13. The van der Waals surface area contributed by atoms with E-state index in [-0.39, 0.29) is 6.04 Å². The number of hydrogen-bond donors (Lipinski definition) is 1. The molecule has 1 unspecified atom stereocenters. The average Bonchev–Trinajstić information content (AvgIpc) is 2.67. The Morgan fingerprint density at radius 1 is 1.22 bits per heavy atom. The lowest BCUT2D eigenvalue weighted by atomic mass is 10.1. The Hall–Kier alpha value is -0.540. The van der Waals surface area contributed by atoms with Crippen LogP contribution in [0.1, 0.15) is 29.7 Å². The molecule has 18 heavy (non-hydrogen) atoms. The largest absolute Gasteiger partial charge is 0.306 e. The first kappa shape index (κ1) is 13.9. The molecule has 0 aliphatic carbocycles. The van der Waals surface area contributed by atoms with Crippen molar-refractivity contribution in [2.45, 2.75) is 26.4 Å². The van der Waals surface area contributed by atoms with Gasteiger partial charge in [0.1, 0.15) is 0 Å². The van der Waals surface area contributed by atoms with Gasteiger partial charge < -0.3 is 5.32 Å². The van der Waals surface area contributed by atoms with E-state index in [1.54, 1.807) is 0 Å². The summed E-state index contributed by atoms with van der Waals surface area (Å²) >= 11 is 13.5. The highest BCUT2D eigenvalue weighted by Crippen LogP contribution is 2.34. The fourth-order valence-electron chi connectivity index (χ4n) is 1.74. The van der Waals surface area contributed by atoms with Crippen molar-refractivity contribution in [2.24, 2.45) is 0 Å². The van der Waals surface area contributed by atoms with Gasteiger partial charge in [-0.15, -0.1) is 11.3 Å². The molecule has 4 heteroatoms. The molecule has 0 aliphatic rings. The van der Waals surface area contributed by atoms with Crippen molar-refractivity contribution in [3.63, 3.8) is 0 Å². The lowest BCUT2D eigenvalue weighted by molar-refractivity contribution is 0.576. The average molecular weight is 300 g/mol. The summed E-state index contributed by atoms with van der Waals surface area (Å²) in [5.41, 5.74) is 3.61. The molecule has 2 rings (SSSR count). The molecule has 1 nitrogen and oxygen atoms in total. The number of rotatable bonds is 4. The van der Waals surface area contributed by atoms with Crippen LogP contribution >= 0.6 is 34.5 Å². The summed E-state index contributed by atoms with van der Waals surface area (Å²) in [6.07, 6.45) is 0. The molecule has 1 atom stereocenters. The van der Waals surface area contributed by atoms with E-state index < -0.39 is 0 Å². The minimum atomic E-state index is 0.197. The summed E-state index contributed by atoms with van der Waals surface area (Å²) in [7, 11) is 0. The Bertz CT molecular complexity index is 519. The van der Waals surface area contributed by atoms with E-state index in [9.17, 15) is 0 Å². The third-order valence-corrected chi connectivity index (χ3v) is 4.40. The first-order chi connectivity index (χ1) is 8.56. The van der Waals surface area contributed by atoms with E-state index in [2.05, 4.69) is 43.4 Å². The highest BCUT2D eigenvalue weighted by atomic mass is 35.5. The van der Waals surface area contributed by atoms with E-state index in [0.717, 1.165) is 20.8 Å². The normalized spacial score (nSPS) is 12.7. The molecule has 0 saturated heterocycles. The molecule has 0 saturated carbocycles. The molecule has 96 valence electrons. The van der Waals surface area contributed by atoms with E-state index >= 15 is 0 Å². The number of nitrogens with one attached hydrogen (secondary N) is 1. The lowest BCUT2D eigenvalue weighted by Crippen LogP contribution is -2.17. The maximum atomic E-state index is 6.14. The van der Waals surface area contributed by atoms with Gasteiger partial charge in [0.25, 0.3) is 0 Å². The molecular weight excluding hydrogens is 285 g/mol. The Balaban J connectivity index is 1.98. The third-order valence-electron chi connectivity index (χ3n) is 2.88. The number of thiophene rings is 1.